The SMILES string of the molecule is CC(=O)c1cccc(-n2c(N)c(C(=O)OC(C)C)c3nc4ccccc4nc32)c1. The third kappa shape index (κ3) is 3.20. The Labute approximate surface area is 167 Å². The second-order valence-electron chi connectivity index (χ2n) is 7.04. The molecule has 7 heteroatoms. The fourth-order valence-corrected chi connectivity index (χ4v) is 3.26. The average Bonchev–Trinajstić information content (AvgIpc) is 2.96. The van der Waals surface area contributed by atoms with Crippen LogP contribution in [0.4, 0.5) is 5.82 Å². The summed E-state index contributed by atoms with van der Waals surface area (Å²) in [5.41, 5.74) is 9.84. The first-order chi connectivity index (χ1) is 13.9. The van der Waals surface area contributed by atoms with E-state index in [9.17, 15) is 9.59 Å². The standard InChI is InChI=1S/C22H20N4O3/c1-12(2)29-22(28)18-19-21(25-17-10-5-4-9-16(17)24-19)26(20(18)23)15-8-6-7-14(11-15)13(3)27/h4-12H,23H2,1-3H3. The summed E-state index contributed by atoms with van der Waals surface area (Å²) in [6.45, 7) is 5.03. The molecule has 0 saturated carbocycles. The highest BCUT2D eigenvalue weighted by Gasteiger charge is 2.26. The number of nitrogen functional groups attached to an aromatic ring is 1. The molecule has 4 aromatic rings. The topological polar surface area (TPSA) is 100 Å². The molecule has 146 valence electrons. The maximum atomic E-state index is 12.8. The van der Waals surface area contributed by atoms with E-state index < -0.39 is 5.97 Å². The van der Waals surface area contributed by atoms with E-state index in [4.69, 9.17) is 15.5 Å². The average molecular weight is 388 g/mol. The van der Waals surface area contributed by atoms with Crippen LogP contribution in [0, 0.1) is 0 Å². The summed E-state index contributed by atoms with van der Waals surface area (Å²) in [5, 5.41) is 0. The van der Waals surface area contributed by atoms with Crippen molar-refractivity contribution in [2.45, 2.75) is 26.9 Å². The van der Waals surface area contributed by atoms with E-state index in [2.05, 4.69) is 4.98 Å². The molecular formula is C22H20N4O3. The predicted molar refractivity (Wildman–Crippen MR) is 111 cm³/mol. The largest absolute Gasteiger partial charge is 0.459 e. The maximum absolute atomic E-state index is 12.8. The van der Waals surface area contributed by atoms with E-state index in [0.29, 0.717) is 33.4 Å². The van der Waals surface area contributed by atoms with Crippen molar-refractivity contribution in [3.63, 3.8) is 0 Å². The van der Waals surface area contributed by atoms with E-state index in [1.54, 1.807) is 42.7 Å². The first kappa shape index (κ1) is 18.6. The third-order valence-electron chi connectivity index (χ3n) is 4.56. The number of aromatic nitrogens is 3. The van der Waals surface area contributed by atoms with Gasteiger partial charge in [0.2, 0.25) is 0 Å². The van der Waals surface area contributed by atoms with Gasteiger partial charge in [-0.3, -0.25) is 9.36 Å². The third-order valence-corrected chi connectivity index (χ3v) is 4.56. The molecule has 2 heterocycles. The minimum Gasteiger partial charge on any atom is -0.459 e. The number of esters is 1. The summed E-state index contributed by atoms with van der Waals surface area (Å²) in [6, 6.07) is 14.4. The minimum absolute atomic E-state index is 0.0714. The van der Waals surface area contributed by atoms with Crippen LogP contribution in [0.25, 0.3) is 27.9 Å². The monoisotopic (exact) mass is 388 g/mol. The zero-order valence-electron chi connectivity index (χ0n) is 16.3. The van der Waals surface area contributed by atoms with E-state index in [0.717, 1.165) is 0 Å². The highest BCUT2D eigenvalue weighted by Crippen LogP contribution is 2.32. The second-order valence-corrected chi connectivity index (χ2v) is 7.04. The van der Waals surface area contributed by atoms with Gasteiger partial charge in [0.25, 0.3) is 0 Å². The summed E-state index contributed by atoms with van der Waals surface area (Å²) >= 11 is 0. The Bertz CT molecular complexity index is 1270. The van der Waals surface area contributed by atoms with Crippen molar-refractivity contribution in [3.8, 4) is 5.69 Å². The molecule has 2 N–H and O–H groups in total. The van der Waals surface area contributed by atoms with Gasteiger partial charge in [0.05, 0.1) is 17.1 Å². The summed E-state index contributed by atoms with van der Waals surface area (Å²) < 4.78 is 7.03. The van der Waals surface area contributed by atoms with Gasteiger partial charge in [0.15, 0.2) is 11.4 Å². The van der Waals surface area contributed by atoms with Crippen LogP contribution in [0.15, 0.2) is 48.5 Å². The first-order valence-electron chi connectivity index (χ1n) is 9.26. The zero-order chi connectivity index (χ0) is 20.7. The van der Waals surface area contributed by atoms with Gasteiger partial charge in [-0.15, -0.1) is 0 Å². The van der Waals surface area contributed by atoms with Crippen LogP contribution in [-0.2, 0) is 4.74 Å². The Kier molecular flexibility index (Phi) is 4.50. The molecule has 0 saturated heterocycles. The summed E-state index contributed by atoms with van der Waals surface area (Å²) in [4.78, 5) is 34.0. The van der Waals surface area contributed by atoms with Crippen LogP contribution in [0.2, 0.25) is 0 Å². The van der Waals surface area contributed by atoms with Gasteiger partial charge in [0, 0.05) is 11.3 Å². The number of Topliss-reactive ketones (excluding diaryl/α,β-unsaturated/α-hetero) is 1. The fraction of sp³-hybridized carbons (Fsp3) is 0.182. The molecular weight excluding hydrogens is 368 g/mol. The molecule has 2 aromatic heterocycles. The van der Waals surface area contributed by atoms with Crippen LogP contribution in [0.3, 0.4) is 0 Å². The van der Waals surface area contributed by atoms with Crippen LogP contribution in [0.5, 0.6) is 0 Å². The molecule has 0 aliphatic heterocycles. The number of anilines is 1. The molecule has 0 amide bonds. The van der Waals surface area contributed by atoms with Crippen LogP contribution >= 0.6 is 0 Å². The molecule has 0 fully saturated rings. The second kappa shape index (κ2) is 7.01. The van der Waals surface area contributed by atoms with Gasteiger partial charge in [-0.2, -0.15) is 0 Å². The van der Waals surface area contributed by atoms with Crippen molar-refractivity contribution in [2.24, 2.45) is 0 Å². The number of rotatable bonds is 4. The van der Waals surface area contributed by atoms with E-state index in [-0.39, 0.29) is 23.3 Å². The van der Waals surface area contributed by atoms with Gasteiger partial charge in [-0.25, -0.2) is 14.8 Å². The molecule has 7 nitrogen and oxygen atoms in total. The van der Waals surface area contributed by atoms with Gasteiger partial charge in [-0.1, -0.05) is 24.3 Å². The smallest absolute Gasteiger partial charge is 0.344 e. The Morgan fingerprint density at radius 1 is 1.03 bits per heavy atom. The molecule has 29 heavy (non-hydrogen) atoms. The molecule has 0 bridgehead atoms. The Balaban J connectivity index is 2.07. The van der Waals surface area contributed by atoms with E-state index in [1.807, 2.05) is 24.3 Å². The molecule has 2 aromatic carbocycles. The highest BCUT2D eigenvalue weighted by molar-refractivity contribution is 6.09. The van der Waals surface area contributed by atoms with Gasteiger partial charge in [-0.05, 0) is 45.0 Å². The summed E-state index contributed by atoms with van der Waals surface area (Å²) in [7, 11) is 0. The molecule has 0 radical (unpaired) electrons. The number of nitrogens with two attached hydrogens (primary N) is 1. The van der Waals surface area contributed by atoms with Gasteiger partial charge >= 0.3 is 5.97 Å². The number of fused-ring (bicyclic) bond motifs is 2. The fourth-order valence-electron chi connectivity index (χ4n) is 3.26. The number of carbonyl (C=O) groups excluding carboxylic acids is 2. The number of hydrogen-bond donors (Lipinski definition) is 1. The lowest BCUT2D eigenvalue weighted by Crippen LogP contribution is -2.14. The normalized spacial score (nSPS) is 11.3. The van der Waals surface area contributed by atoms with Crippen molar-refractivity contribution in [1.82, 2.24) is 14.5 Å². The van der Waals surface area contributed by atoms with E-state index >= 15 is 0 Å². The lowest BCUT2D eigenvalue weighted by Gasteiger charge is -2.10. The van der Waals surface area contributed by atoms with Gasteiger partial charge < -0.3 is 10.5 Å². The maximum Gasteiger partial charge on any atom is 0.344 e. The Morgan fingerprint density at radius 3 is 2.38 bits per heavy atom. The quantitative estimate of drug-likeness (QED) is 0.420. The number of ether oxygens (including phenoxy) is 1. The predicted octanol–water partition coefficient (Wildman–Crippen LogP) is 3.92. The lowest BCUT2D eigenvalue weighted by molar-refractivity contribution is 0.0381. The number of nitrogens with zero attached hydrogens (tertiary/aromatic N) is 3. The number of ketones is 1. The molecule has 4 rings (SSSR count). The molecule has 0 atom stereocenters. The summed E-state index contributed by atoms with van der Waals surface area (Å²) in [5.74, 6) is -0.465. The number of para-hydroxylation sites is 2. The lowest BCUT2D eigenvalue weighted by atomic mass is 10.1. The van der Waals surface area contributed by atoms with Crippen molar-refractivity contribution in [3.05, 3.63) is 59.7 Å². The molecule has 0 unspecified atom stereocenters. The number of benzene rings is 2. The number of hydrogen-bond acceptors (Lipinski definition) is 6. The molecule has 0 aliphatic rings. The van der Waals surface area contributed by atoms with Gasteiger partial charge in [0.1, 0.15) is 16.9 Å². The summed E-state index contributed by atoms with van der Waals surface area (Å²) in [6.07, 6.45) is -0.310. The van der Waals surface area contributed by atoms with Crippen LogP contribution in [-0.4, -0.2) is 32.4 Å². The Morgan fingerprint density at radius 2 is 1.72 bits per heavy atom. The van der Waals surface area contributed by atoms with Crippen molar-refractivity contribution in [2.75, 3.05) is 5.73 Å². The van der Waals surface area contributed by atoms with Crippen molar-refractivity contribution in [1.29, 1.82) is 0 Å². The van der Waals surface area contributed by atoms with Crippen molar-refractivity contribution < 1.29 is 14.3 Å². The van der Waals surface area contributed by atoms with Crippen LogP contribution in [0.1, 0.15) is 41.5 Å². The number of carbonyl (C=O) groups is 2. The minimum atomic E-state index is -0.562. The van der Waals surface area contributed by atoms with Crippen LogP contribution < -0.4 is 5.73 Å². The molecule has 0 aliphatic carbocycles. The van der Waals surface area contributed by atoms with E-state index in [1.165, 1.54) is 6.92 Å². The molecule has 0 spiro atoms. The zero-order valence-corrected chi connectivity index (χ0v) is 16.3. The highest BCUT2D eigenvalue weighted by atomic mass is 16.5. The Hall–Kier alpha value is -3.74. The van der Waals surface area contributed by atoms with Crippen molar-refractivity contribution >= 4 is 39.8 Å². The first-order valence-corrected chi connectivity index (χ1v) is 9.26.